The normalized spacial score (nSPS) is 23.2. The van der Waals surface area contributed by atoms with Crippen LogP contribution in [0.2, 0.25) is 0 Å². The molecule has 18 heavy (non-hydrogen) atoms. The summed E-state index contributed by atoms with van der Waals surface area (Å²) in [6, 6.07) is 0. The number of ether oxygens (including phenoxy) is 1. The van der Waals surface area contributed by atoms with Gasteiger partial charge in [-0.1, -0.05) is 6.92 Å². The smallest absolute Gasteiger partial charge is 0.237 e. The van der Waals surface area contributed by atoms with Crippen LogP contribution in [0.4, 0.5) is 0 Å². The molecule has 1 amide bonds. The molecule has 0 aliphatic carbocycles. The Hall–Kier alpha value is -0.650. The first-order valence-corrected chi connectivity index (χ1v) is 6.84. The predicted octanol–water partition coefficient (Wildman–Crippen LogP) is 0.341. The van der Waals surface area contributed by atoms with Crippen molar-refractivity contribution in [3.8, 4) is 0 Å². The second-order valence-corrected chi connectivity index (χ2v) is 5.22. The molecule has 5 nitrogen and oxygen atoms in total. The van der Waals surface area contributed by atoms with Crippen LogP contribution in [-0.4, -0.2) is 55.7 Å². The van der Waals surface area contributed by atoms with Gasteiger partial charge < -0.3 is 20.7 Å². The molecule has 0 radical (unpaired) electrons. The monoisotopic (exact) mass is 257 g/mol. The topological polar surface area (TPSA) is 67.6 Å². The van der Waals surface area contributed by atoms with Crippen molar-refractivity contribution in [2.75, 3.05) is 33.3 Å². The number of amides is 1. The van der Waals surface area contributed by atoms with Gasteiger partial charge in [-0.3, -0.25) is 4.79 Å². The molecule has 0 aromatic carbocycles. The Bertz CT molecular complexity index is 267. The van der Waals surface area contributed by atoms with Gasteiger partial charge in [0.25, 0.3) is 0 Å². The van der Waals surface area contributed by atoms with E-state index in [1.165, 1.54) is 0 Å². The maximum absolute atomic E-state index is 11.4. The Labute approximate surface area is 110 Å². The highest BCUT2D eigenvalue weighted by Crippen LogP contribution is 2.15. The third-order valence-electron chi connectivity index (χ3n) is 3.96. The second-order valence-electron chi connectivity index (χ2n) is 5.22. The van der Waals surface area contributed by atoms with Crippen LogP contribution >= 0.6 is 0 Å². The van der Waals surface area contributed by atoms with E-state index in [0.717, 1.165) is 45.5 Å². The third kappa shape index (κ3) is 4.23. The molecule has 2 atom stereocenters. The summed E-state index contributed by atoms with van der Waals surface area (Å²) in [5, 5.41) is 3.02. The van der Waals surface area contributed by atoms with E-state index in [9.17, 15) is 4.79 Å². The molecular formula is C13H27N3O2. The molecule has 3 N–H and O–H groups in total. The highest BCUT2D eigenvalue weighted by Gasteiger charge is 2.29. The molecule has 0 aromatic heterocycles. The summed E-state index contributed by atoms with van der Waals surface area (Å²) >= 11 is 0. The second kappa shape index (κ2) is 7.07. The molecule has 1 heterocycles. The lowest BCUT2D eigenvalue weighted by Crippen LogP contribution is -2.53. The molecule has 5 heteroatoms. The number of nitrogens with zero attached hydrogens (tertiary/aromatic N) is 1. The zero-order valence-electron chi connectivity index (χ0n) is 11.9. The number of carbonyl (C=O) groups excluding carboxylic acids is 1. The maximum Gasteiger partial charge on any atom is 0.237 e. The summed E-state index contributed by atoms with van der Waals surface area (Å²) in [7, 11) is 1.78. The fourth-order valence-electron chi connectivity index (χ4n) is 2.21. The van der Waals surface area contributed by atoms with Gasteiger partial charge in [0.1, 0.15) is 0 Å². The van der Waals surface area contributed by atoms with E-state index in [4.69, 9.17) is 10.5 Å². The minimum atomic E-state index is -0.621. The largest absolute Gasteiger partial charge is 0.377 e. The van der Waals surface area contributed by atoms with Crippen molar-refractivity contribution >= 4 is 5.91 Å². The van der Waals surface area contributed by atoms with Gasteiger partial charge in [-0.2, -0.15) is 0 Å². The van der Waals surface area contributed by atoms with Gasteiger partial charge in [0.2, 0.25) is 5.91 Å². The van der Waals surface area contributed by atoms with E-state index in [0.29, 0.717) is 6.10 Å². The first-order chi connectivity index (χ1) is 8.51. The van der Waals surface area contributed by atoms with Crippen LogP contribution < -0.4 is 11.1 Å². The Morgan fingerprint density at radius 2 is 2.33 bits per heavy atom. The zero-order chi connectivity index (χ0) is 13.6. The van der Waals surface area contributed by atoms with Crippen molar-refractivity contribution in [1.29, 1.82) is 0 Å². The number of hydrogen-bond acceptors (Lipinski definition) is 4. The molecule has 1 rings (SSSR count). The first-order valence-electron chi connectivity index (χ1n) is 6.84. The predicted molar refractivity (Wildman–Crippen MR) is 72.4 cm³/mol. The van der Waals surface area contributed by atoms with Crippen molar-refractivity contribution in [2.24, 2.45) is 5.73 Å². The minimum Gasteiger partial charge on any atom is -0.377 e. The van der Waals surface area contributed by atoms with E-state index < -0.39 is 5.54 Å². The van der Waals surface area contributed by atoms with Crippen molar-refractivity contribution in [1.82, 2.24) is 10.2 Å². The number of hydrogen-bond donors (Lipinski definition) is 2. The highest BCUT2D eigenvalue weighted by atomic mass is 16.5. The van der Waals surface area contributed by atoms with E-state index in [1.807, 2.05) is 6.92 Å². The number of rotatable bonds is 8. The number of nitrogens with two attached hydrogens (primary N) is 1. The first kappa shape index (κ1) is 15.4. The van der Waals surface area contributed by atoms with E-state index >= 15 is 0 Å². The van der Waals surface area contributed by atoms with E-state index in [1.54, 1.807) is 7.05 Å². The average Bonchev–Trinajstić information content (AvgIpc) is 2.86. The fourth-order valence-corrected chi connectivity index (χ4v) is 2.21. The molecule has 2 unspecified atom stereocenters. The molecule has 0 bridgehead atoms. The van der Waals surface area contributed by atoms with Crippen LogP contribution in [0.25, 0.3) is 0 Å². The lowest BCUT2D eigenvalue weighted by Gasteiger charge is -2.30. The lowest BCUT2D eigenvalue weighted by molar-refractivity contribution is -0.124. The molecule has 1 saturated heterocycles. The lowest BCUT2D eigenvalue weighted by atomic mass is 9.97. The van der Waals surface area contributed by atoms with Gasteiger partial charge in [0, 0.05) is 19.7 Å². The summed E-state index contributed by atoms with van der Waals surface area (Å²) in [6.45, 7) is 7.66. The van der Waals surface area contributed by atoms with E-state index in [2.05, 4.69) is 17.1 Å². The van der Waals surface area contributed by atoms with Crippen LogP contribution in [0, 0.1) is 0 Å². The van der Waals surface area contributed by atoms with Gasteiger partial charge in [-0.15, -0.1) is 0 Å². The van der Waals surface area contributed by atoms with Crippen LogP contribution in [0.1, 0.15) is 33.1 Å². The molecule has 1 aliphatic heterocycles. The number of likely N-dealkylation sites (N-methyl/N-ethyl adjacent to an activating group) is 2. The van der Waals surface area contributed by atoms with Gasteiger partial charge in [0.05, 0.1) is 11.6 Å². The molecule has 0 spiro atoms. The number of nitrogens with one attached hydrogen (secondary N) is 1. The van der Waals surface area contributed by atoms with Crippen molar-refractivity contribution in [3.63, 3.8) is 0 Å². The quantitative estimate of drug-likeness (QED) is 0.658. The SMILES string of the molecule is CCN(CCC(C)(NC)C(N)=O)CC1CCCO1. The van der Waals surface area contributed by atoms with Gasteiger partial charge in [-0.05, 0) is 39.8 Å². The Morgan fingerprint density at radius 3 is 2.78 bits per heavy atom. The Kier molecular flexibility index (Phi) is 6.05. The third-order valence-corrected chi connectivity index (χ3v) is 3.96. The van der Waals surface area contributed by atoms with Gasteiger partial charge >= 0.3 is 0 Å². The zero-order valence-corrected chi connectivity index (χ0v) is 11.9. The maximum atomic E-state index is 11.4. The van der Waals surface area contributed by atoms with Crippen LogP contribution in [-0.2, 0) is 9.53 Å². The van der Waals surface area contributed by atoms with Gasteiger partial charge in [0.15, 0.2) is 0 Å². The Balaban J connectivity index is 2.40. The van der Waals surface area contributed by atoms with Crippen molar-refractivity contribution in [3.05, 3.63) is 0 Å². The van der Waals surface area contributed by atoms with Crippen molar-refractivity contribution in [2.45, 2.75) is 44.8 Å². The summed E-state index contributed by atoms with van der Waals surface area (Å²) < 4.78 is 5.64. The number of carbonyl (C=O) groups is 1. The molecule has 0 aromatic rings. The standard InChI is InChI=1S/C13H27N3O2/c1-4-16(10-11-6-5-9-18-11)8-7-13(2,15-3)12(14)17/h11,15H,4-10H2,1-3H3,(H2,14,17). The molecule has 106 valence electrons. The van der Waals surface area contributed by atoms with Crippen LogP contribution in [0.5, 0.6) is 0 Å². The Morgan fingerprint density at radius 1 is 1.61 bits per heavy atom. The fraction of sp³-hybridized carbons (Fsp3) is 0.923. The average molecular weight is 257 g/mol. The summed E-state index contributed by atoms with van der Waals surface area (Å²) in [4.78, 5) is 13.7. The summed E-state index contributed by atoms with van der Waals surface area (Å²) in [5.74, 6) is -0.293. The van der Waals surface area contributed by atoms with Crippen LogP contribution in [0.15, 0.2) is 0 Å². The van der Waals surface area contributed by atoms with Crippen molar-refractivity contribution < 1.29 is 9.53 Å². The molecule has 0 saturated carbocycles. The number of primary amides is 1. The summed E-state index contributed by atoms with van der Waals surface area (Å²) in [6.07, 6.45) is 3.39. The molecular weight excluding hydrogens is 230 g/mol. The molecule has 1 aliphatic rings. The minimum absolute atomic E-state index is 0.293. The van der Waals surface area contributed by atoms with E-state index in [-0.39, 0.29) is 5.91 Å². The van der Waals surface area contributed by atoms with Gasteiger partial charge in [-0.25, -0.2) is 0 Å². The summed E-state index contributed by atoms with van der Waals surface area (Å²) in [5.41, 5.74) is 4.81. The van der Waals surface area contributed by atoms with Crippen LogP contribution in [0.3, 0.4) is 0 Å². The molecule has 1 fully saturated rings. The highest BCUT2D eigenvalue weighted by molar-refractivity contribution is 5.84.